The van der Waals surface area contributed by atoms with Crippen molar-refractivity contribution in [1.29, 1.82) is 5.26 Å². The number of benzene rings is 1. The minimum absolute atomic E-state index is 0.472. The average molecular weight is 244 g/mol. The van der Waals surface area contributed by atoms with Gasteiger partial charge in [-0.1, -0.05) is 0 Å². The number of piperidine rings is 1. The van der Waals surface area contributed by atoms with Crippen molar-refractivity contribution in [2.45, 2.75) is 18.9 Å². The molecule has 0 radical (unpaired) electrons. The SMILES string of the molecule is CN1CCCC(N(C)c2ccc(N)cc2C#N)C1. The van der Waals surface area contributed by atoms with Crippen LogP contribution in [0.4, 0.5) is 11.4 Å². The second kappa shape index (κ2) is 5.28. The van der Waals surface area contributed by atoms with Gasteiger partial charge in [-0.25, -0.2) is 0 Å². The fraction of sp³-hybridized carbons (Fsp3) is 0.500. The van der Waals surface area contributed by atoms with Gasteiger partial charge in [0.05, 0.1) is 11.3 Å². The molecular formula is C14H20N4. The normalized spacial score (nSPS) is 20.4. The molecule has 0 amide bonds. The summed E-state index contributed by atoms with van der Waals surface area (Å²) in [4.78, 5) is 4.56. The molecule has 1 heterocycles. The van der Waals surface area contributed by atoms with Crippen molar-refractivity contribution >= 4 is 11.4 Å². The van der Waals surface area contributed by atoms with Gasteiger partial charge in [0.1, 0.15) is 6.07 Å². The van der Waals surface area contributed by atoms with E-state index in [-0.39, 0.29) is 0 Å². The highest BCUT2D eigenvalue weighted by atomic mass is 15.2. The number of hydrogen-bond acceptors (Lipinski definition) is 4. The first kappa shape index (κ1) is 12.7. The van der Waals surface area contributed by atoms with Crippen molar-refractivity contribution in [1.82, 2.24) is 4.90 Å². The highest BCUT2D eigenvalue weighted by Gasteiger charge is 2.22. The maximum absolute atomic E-state index is 9.20. The van der Waals surface area contributed by atoms with Gasteiger partial charge >= 0.3 is 0 Å². The van der Waals surface area contributed by atoms with Crippen molar-refractivity contribution in [3.63, 3.8) is 0 Å². The Bertz CT molecular complexity index is 463. The molecule has 1 atom stereocenters. The number of nitrogens with zero attached hydrogens (tertiary/aromatic N) is 3. The molecule has 1 aliphatic rings. The van der Waals surface area contributed by atoms with Gasteiger partial charge in [0.15, 0.2) is 0 Å². The molecule has 0 spiro atoms. The molecule has 0 saturated carbocycles. The van der Waals surface area contributed by atoms with Gasteiger partial charge in [0.25, 0.3) is 0 Å². The number of rotatable bonds is 2. The standard InChI is InChI=1S/C14H20N4/c1-17-7-3-4-13(10-17)18(2)14-6-5-12(16)8-11(14)9-15/h5-6,8,13H,3-4,7,10,16H2,1-2H3. The van der Waals surface area contributed by atoms with Gasteiger partial charge in [-0.2, -0.15) is 5.26 Å². The minimum Gasteiger partial charge on any atom is -0.399 e. The monoisotopic (exact) mass is 244 g/mol. The Labute approximate surface area is 109 Å². The summed E-state index contributed by atoms with van der Waals surface area (Å²) in [6.45, 7) is 2.21. The maximum atomic E-state index is 9.20. The number of nitriles is 1. The highest BCUT2D eigenvalue weighted by molar-refractivity contribution is 5.64. The average Bonchev–Trinajstić information content (AvgIpc) is 2.37. The van der Waals surface area contributed by atoms with Gasteiger partial charge in [0, 0.05) is 25.3 Å². The molecule has 1 aromatic rings. The molecule has 0 aromatic heterocycles. The lowest BCUT2D eigenvalue weighted by molar-refractivity contribution is 0.248. The lowest BCUT2D eigenvalue weighted by Crippen LogP contribution is -2.45. The van der Waals surface area contributed by atoms with Crippen LogP contribution in [0.1, 0.15) is 18.4 Å². The van der Waals surface area contributed by atoms with E-state index in [1.807, 2.05) is 12.1 Å². The van der Waals surface area contributed by atoms with Crippen LogP contribution in [0.5, 0.6) is 0 Å². The zero-order valence-corrected chi connectivity index (χ0v) is 11.1. The summed E-state index contributed by atoms with van der Waals surface area (Å²) in [5.41, 5.74) is 8.01. The van der Waals surface area contributed by atoms with E-state index < -0.39 is 0 Å². The first-order chi connectivity index (χ1) is 8.61. The van der Waals surface area contributed by atoms with Gasteiger partial charge in [-0.05, 0) is 44.6 Å². The number of nitrogens with two attached hydrogens (primary N) is 1. The Morgan fingerprint density at radius 1 is 1.50 bits per heavy atom. The quantitative estimate of drug-likeness (QED) is 0.804. The van der Waals surface area contributed by atoms with Gasteiger partial charge in [0.2, 0.25) is 0 Å². The topological polar surface area (TPSA) is 56.3 Å². The Balaban J connectivity index is 2.23. The maximum Gasteiger partial charge on any atom is 0.101 e. The molecule has 1 fully saturated rings. The summed E-state index contributed by atoms with van der Waals surface area (Å²) in [6.07, 6.45) is 2.39. The van der Waals surface area contributed by atoms with E-state index in [2.05, 4.69) is 30.0 Å². The summed E-state index contributed by atoms with van der Waals surface area (Å²) in [6, 6.07) is 8.26. The van der Waals surface area contributed by atoms with Crippen LogP contribution in [-0.2, 0) is 0 Å². The summed E-state index contributed by atoms with van der Waals surface area (Å²) in [7, 11) is 4.21. The molecule has 2 N–H and O–H groups in total. The molecule has 1 aliphatic heterocycles. The zero-order chi connectivity index (χ0) is 13.1. The van der Waals surface area contributed by atoms with E-state index in [4.69, 9.17) is 5.73 Å². The van der Waals surface area contributed by atoms with Crippen LogP contribution in [-0.4, -0.2) is 38.1 Å². The van der Waals surface area contributed by atoms with Crippen LogP contribution in [0, 0.1) is 11.3 Å². The van der Waals surface area contributed by atoms with Gasteiger partial charge in [-0.3, -0.25) is 0 Å². The van der Waals surface area contributed by atoms with Crippen LogP contribution >= 0.6 is 0 Å². The first-order valence-corrected chi connectivity index (χ1v) is 6.33. The third-order valence-electron chi connectivity index (χ3n) is 3.67. The lowest BCUT2D eigenvalue weighted by Gasteiger charge is -2.37. The predicted octanol–water partition coefficient (Wildman–Crippen LogP) is 1.67. The summed E-state index contributed by atoms with van der Waals surface area (Å²) < 4.78 is 0. The molecule has 0 bridgehead atoms. The molecular weight excluding hydrogens is 224 g/mol. The van der Waals surface area contributed by atoms with E-state index in [9.17, 15) is 5.26 Å². The number of anilines is 2. The number of nitrogen functional groups attached to an aromatic ring is 1. The van der Waals surface area contributed by atoms with Gasteiger partial charge in [-0.15, -0.1) is 0 Å². The summed E-state index contributed by atoms with van der Waals surface area (Å²) >= 11 is 0. The van der Waals surface area contributed by atoms with Crippen molar-refractivity contribution in [2.75, 3.05) is 37.8 Å². The molecule has 4 nitrogen and oxygen atoms in total. The molecule has 4 heteroatoms. The molecule has 2 rings (SSSR count). The van der Waals surface area contributed by atoms with Crippen LogP contribution in [0.15, 0.2) is 18.2 Å². The van der Waals surface area contributed by atoms with Crippen molar-refractivity contribution < 1.29 is 0 Å². The van der Waals surface area contributed by atoms with E-state index in [1.54, 1.807) is 6.07 Å². The lowest BCUT2D eigenvalue weighted by atomic mass is 10.0. The Kier molecular flexibility index (Phi) is 3.73. The molecule has 96 valence electrons. The number of hydrogen-bond donors (Lipinski definition) is 1. The van der Waals surface area contributed by atoms with Crippen molar-refractivity contribution in [3.8, 4) is 6.07 Å². The first-order valence-electron chi connectivity index (χ1n) is 6.33. The number of likely N-dealkylation sites (tertiary alicyclic amines) is 1. The van der Waals surface area contributed by atoms with Crippen molar-refractivity contribution in [2.24, 2.45) is 0 Å². The second-order valence-corrected chi connectivity index (χ2v) is 5.06. The second-order valence-electron chi connectivity index (χ2n) is 5.06. The third kappa shape index (κ3) is 2.57. The van der Waals surface area contributed by atoms with Crippen LogP contribution in [0.25, 0.3) is 0 Å². The zero-order valence-electron chi connectivity index (χ0n) is 11.1. The predicted molar refractivity (Wildman–Crippen MR) is 74.5 cm³/mol. The summed E-state index contributed by atoms with van der Waals surface area (Å²) in [5, 5.41) is 9.20. The molecule has 1 saturated heterocycles. The number of likely N-dealkylation sites (N-methyl/N-ethyl adjacent to an activating group) is 2. The summed E-state index contributed by atoms with van der Waals surface area (Å²) in [5.74, 6) is 0. The Morgan fingerprint density at radius 2 is 2.28 bits per heavy atom. The Morgan fingerprint density at radius 3 is 2.94 bits per heavy atom. The van der Waals surface area contributed by atoms with Crippen molar-refractivity contribution in [3.05, 3.63) is 23.8 Å². The molecule has 18 heavy (non-hydrogen) atoms. The third-order valence-corrected chi connectivity index (χ3v) is 3.67. The smallest absolute Gasteiger partial charge is 0.101 e. The van der Waals surface area contributed by atoms with Crippen LogP contribution in [0.3, 0.4) is 0 Å². The molecule has 1 unspecified atom stereocenters. The largest absolute Gasteiger partial charge is 0.399 e. The van der Waals surface area contributed by atoms with E-state index in [1.165, 1.54) is 12.8 Å². The fourth-order valence-corrected chi connectivity index (χ4v) is 2.60. The minimum atomic E-state index is 0.472. The van der Waals surface area contributed by atoms with E-state index in [0.717, 1.165) is 18.8 Å². The van der Waals surface area contributed by atoms with Gasteiger partial charge < -0.3 is 15.5 Å². The highest BCUT2D eigenvalue weighted by Crippen LogP contribution is 2.26. The Hall–Kier alpha value is -1.73. The molecule has 1 aromatic carbocycles. The van der Waals surface area contributed by atoms with Crippen LogP contribution < -0.4 is 10.6 Å². The fourth-order valence-electron chi connectivity index (χ4n) is 2.60. The van der Waals surface area contributed by atoms with Crippen LogP contribution in [0.2, 0.25) is 0 Å². The van der Waals surface area contributed by atoms with E-state index >= 15 is 0 Å². The van der Waals surface area contributed by atoms with E-state index in [0.29, 0.717) is 17.3 Å². The molecule has 0 aliphatic carbocycles.